The van der Waals surface area contributed by atoms with Crippen molar-refractivity contribution in [3.8, 4) is 22.7 Å². The molecule has 3 aromatic rings. The molecule has 0 radical (unpaired) electrons. The first-order chi connectivity index (χ1) is 17.5. The van der Waals surface area contributed by atoms with Gasteiger partial charge in [0.15, 0.2) is 0 Å². The fourth-order valence-electron chi connectivity index (χ4n) is 4.68. The predicted molar refractivity (Wildman–Crippen MR) is 152 cm³/mol. The minimum Gasteiger partial charge on any atom is -0.492 e. The van der Waals surface area contributed by atoms with Gasteiger partial charge >= 0.3 is 0 Å². The number of thiocarbonyl (C=S) groups is 1. The lowest BCUT2D eigenvalue weighted by Gasteiger charge is -2.29. The number of nitrogens with zero attached hydrogens (tertiary/aromatic N) is 3. The van der Waals surface area contributed by atoms with Crippen molar-refractivity contribution in [2.45, 2.75) is 51.5 Å². The van der Waals surface area contributed by atoms with Crippen molar-refractivity contribution < 1.29 is 9.53 Å². The van der Waals surface area contributed by atoms with Crippen molar-refractivity contribution in [1.29, 1.82) is 0 Å². The average Bonchev–Trinajstić information content (AvgIpc) is 3.44. The molecule has 0 spiro atoms. The van der Waals surface area contributed by atoms with Gasteiger partial charge in [-0.3, -0.25) is 9.69 Å². The third kappa shape index (κ3) is 5.24. The second-order valence-corrected chi connectivity index (χ2v) is 11.1. The molecule has 2 fully saturated rings. The van der Waals surface area contributed by atoms with Crippen LogP contribution in [-0.2, 0) is 4.79 Å². The maximum atomic E-state index is 13.4. The molecule has 0 bridgehead atoms. The van der Waals surface area contributed by atoms with E-state index in [1.54, 1.807) is 0 Å². The molecule has 1 aliphatic carbocycles. The average molecular weight is 538 g/mol. The van der Waals surface area contributed by atoms with Crippen LogP contribution in [0, 0.1) is 0 Å². The molecule has 2 heterocycles. The standard InChI is InChI=1S/C28H28ClN3O2S2/c1-2-15-34-24-14-13-19(16-23(24)29)26-20(18-31(30-26)21-9-5-3-6-10-21)17-25-27(33)32(28(35)36-25)22-11-7-4-8-12-22/h3,5-6,9-10,13-14,16-18,22H,2,4,7-8,11-12,15H2,1H3. The lowest BCUT2D eigenvalue weighted by molar-refractivity contribution is -0.124. The smallest absolute Gasteiger partial charge is 0.266 e. The van der Waals surface area contributed by atoms with Crippen LogP contribution >= 0.6 is 35.6 Å². The summed E-state index contributed by atoms with van der Waals surface area (Å²) in [5.74, 6) is 0.649. The number of para-hydroxylation sites is 1. The van der Waals surface area contributed by atoms with Crippen LogP contribution in [0.4, 0.5) is 0 Å². The largest absolute Gasteiger partial charge is 0.492 e. The summed E-state index contributed by atoms with van der Waals surface area (Å²) in [6, 6.07) is 15.8. The number of hydrogen-bond acceptors (Lipinski definition) is 5. The van der Waals surface area contributed by atoms with Crippen molar-refractivity contribution >= 4 is 51.9 Å². The topological polar surface area (TPSA) is 47.4 Å². The zero-order chi connectivity index (χ0) is 25.1. The highest BCUT2D eigenvalue weighted by Crippen LogP contribution is 2.39. The first-order valence-corrected chi connectivity index (χ1v) is 14.0. The van der Waals surface area contributed by atoms with Crippen LogP contribution < -0.4 is 4.74 Å². The first-order valence-electron chi connectivity index (χ1n) is 12.4. The number of benzene rings is 2. The molecule has 1 amide bonds. The van der Waals surface area contributed by atoms with E-state index in [2.05, 4.69) is 6.92 Å². The zero-order valence-electron chi connectivity index (χ0n) is 20.2. The monoisotopic (exact) mass is 537 g/mol. The molecule has 5 rings (SSSR count). The molecule has 1 aliphatic heterocycles. The Labute approximate surface area is 226 Å². The summed E-state index contributed by atoms with van der Waals surface area (Å²) in [7, 11) is 0. The molecule has 5 nitrogen and oxygen atoms in total. The maximum Gasteiger partial charge on any atom is 0.266 e. The van der Waals surface area contributed by atoms with Crippen molar-refractivity contribution in [1.82, 2.24) is 14.7 Å². The number of carbonyl (C=O) groups is 1. The minimum atomic E-state index is -0.00310. The van der Waals surface area contributed by atoms with E-state index >= 15 is 0 Å². The predicted octanol–water partition coefficient (Wildman–Crippen LogP) is 7.52. The van der Waals surface area contributed by atoms with Crippen LogP contribution in [0.1, 0.15) is 51.0 Å². The Morgan fingerprint density at radius 1 is 1.17 bits per heavy atom. The molecule has 8 heteroatoms. The number of hydrogen-bond donors (Lipinski definition) is 0. The number of ether oxygens (including phenoxy) is 1. The second-order valence-electron chi connectivity index (χ2n) is 9.05. The van der Waals surface area contributed by atoms with Crippen molar-refractivity contribution in [3.05, 3.63) is 70.2 Å². The lowest BCUT2D eigenvalue weighted by atomic mass is 9.94. The third-order valence-electron chi connectivity index (χ3n) is 6.48. The molecule has 1 saturated carbocycles. The molecule has 2 aromatic carbocycles. The maximum absolute atomic E-state index is 13.4. The Bertz CT molecular complexity index is 1300. The molecule has 1 aromatic heterocycles. The highest BCUT2D eigenvalue weighted by Gasteiger charge is 2.37. The quantitative estimate of drug-likeness (QED) is 0.230. The third-order valence-corrected chi connectivity index (χ3v) is 8.11. The van der Waals surface area contributed by atoms with Gasteiger partial charge in [-0.05, 0) is 55.7 Å². The van der Waals surface area contributed by atoms with Gasteiger partial charge in [-0.1, -0.05) is 80.0 Å². The van der Waals surface area contributed by atoms with Crippen LogP contribution in [0.15, 0.2) is 59.6 Å². The second kappa shape index (κ2) is 11.2. The molecule has 36 heavy (non-hydrogen) atoms. The lowest BCUT2D eigenvalue weighted by Crippen LogP contribution is -2.39. The fourth-order valence-corrected chi connectivity index (χ4v) is 6.31. The van der Waals surface area contributed by atoms with Gasteiger partial charge in [0.25, 0.3) is 5.91 Å². The van der Waals surface area contributed by atoms with Crippen LogP contribution in [-0.4, -0.2) is 37.6 Å². The number of halogens is 1. The molecule has 1 saturated heterocycles. The van der Waals surface area contributed by atoms with Gasteiger partial charge in [0.2, 0.25) is 0 Å². The summed E-state index contributed by atoms with van der Waals surface area (Å²) in [4.78, 5) is 15.9. The van der Waals surface area contributed by atoms with Gasteiger partial charge in [0.1, 0.15) is 15.8 Å². The number of aromatic nitrogens is 2. The Morgan fingerprint density at radius 3 is 2.67 bits per heavy atom. The van der Waals surface area contributed by atoms with Gasteiger partial charge < -0.3 is 4.74 Å². The van der Waals surface area contributed by atoms with E-state index in [4.69, 9.17) is 33.7 Å². The number of carbonyl (C=O) groups excluding carboxylic acids is 1. The van der Waals surface area contributed by atoms with Crippen molar-refractivity contribution in [2.75, 3.05) is 6.61 Å². The fraction of sp³-hybridized carbons (Fsp3) is 0.321. The number of amides is 1. The Hall–Kier alpha value is -2.61. The summed E-state index contributed by atoms with van der Waals surface area (Å²) in [6.07, 6.45) is 10.3. The minimum absolute atomic E-state index is 0.00310. The van der Waals surface area contributed by atoms with Gasteiger partial charge in [0, 0.05) is 23.4 Å². The Kier molecular flexibility index (Phi) is 7.79. The molecule has 0 unspecified atom stereocenters. The number of rotatable bonds is 7. The molecular formula is C28H28ClN3O2S2. The highest BCUT2D eigenvalue weighted by atomic mass is 35.5. The molecule has 0 atom stereocenters. The van der Waals surface area contributed by atoms with Crippen molar-refractivity contribution in [3.63, 3.8) is 0 Å². The van der Waals surface area contributed by atoms with Crippen LogP contribution in [0.25, 0.3) is 23.0 Å². The van der Waals surface area contributed by atoms with Crippen LogP contribution in [0.3, 0.4) is 0 Å². The number of thioether (sulfide) groups is 1. The summed E-state index contributed by atoms with van der Waals surface area (Å²) in [5, 5.41) is 5.42. The molecule has 0 N–H and O–H groups in total. The van der Waals surface area contributed by atoms with E-state index in [0.717, 1.165) is 54.6 Å². The van der Waals surface area contributed by atoms with E-state index in [9.17, 15) is 4.79 Å². The Morgan fingerprint density at radius 2 is 1.94 bits per heavy atom. The van der Waals surface area contributed by atoms with Gasteiger partial charge in [-0.25, -0.2) is 4.68 Å². The van der Waals surface area contributed by atoms with Crippen LogP contribution in [0.2, 0.25) is 5.02 Å². The summed E-state index contributed by atoms with van der Waals surface area (Å²) >= 11 is 13.6. The van der Waals surface area contributed by atoms with E-state index in [0.29, 0.717) is 26.6 Å². The van der Waals surface area contributed by atoms with E-state index in [-0.39, 0.29) is 11.9 Å². The summed E-state index contributed by atoms with van der Waals surface area (Å²) in [5.41, 5.74) is 3.36. The highest BCUT2D eigenvalue weighted by molar-refractivity contribution is 8.26. The Balaban J connectivity index is 1.53. The zero-order valence-corrected chi connectivity index (χ0v) is 22.5. The van der Waals surface area contributed by atoms with Gasteiger partial charge in [0.05, 0.1) is 22.2 Å². The summed E-state index contributed by atoms with van der Waals surface area (Å²) < 4.78 is 8.23. The van der Waals surface area contributed by atoms with Gasteiger partial charge in [-0.15, -0.1) is 0 Å². The van der Waals surface area contributed by atoms with E-state index in [1.165, 1.54) is 18.2 Å². The van der Waals surface area contributed by atoms with E-state index in [1.807, 2.05) is 70.4 Å². The van der Waals surface area contributed by atoms with Crippen LogP contribution in [0.5, 0.6) is 5.75 Å². The summed E-state index contributed by atoms with van der Waals surface area (Å²) in [6.45, 7) is 2.66. The van der Waals surface area contributed by atoms with E-state index < -0.39 is 0 Å². The molecule has 2 aliphatic rings. The van der Waals surface area contributed by atoms with Crippen molar-refractivity contribution in [2.24, 2.45) is 0 Å². The molecular weight excluding hydrogens is 510 g/mol. The SMILES string of the molecule is CCCOc1ccc(-c2nn(-c3ccccc3)cc2C=C2SC(=S)N(C3CCCCC3)C2=O)cc1Cl. The molecule has 186 valence electrons. The van der Waals surface area contributed by atoms with Gasteiger partial charge in [-0.2, -0.15) is 5.10 Å². The normalized spacial score (nSPS) is 17.8. The first kappa shape index (κ1) is 25.1.